The summed E-state index contributed by atoms with van der Waals surface area (Å²) in [5, 5.41) is 3.36. The highest BCUT2D eigenvalue weighted by atomic mass is 16.5. The third-order valence-corrected chi connectivity index (χ3v) is 2.83. The van der Waals surface area contributed by atoms with Crippen LogP contribution in [0.15, 0.2) is 36.8 Å². The lowest BCUT2D eigenvalue weighted by Crippen LogP contribution is -2.08. The van der Waals surface area contributed by atoms with E-state index in [0.29, 0.717) is 5.88 Å². The van der Waals surface area contributed by atoms with Gasteiger partial charge in [0, 0.05) is 17.8 Å². The van der Waals surface area contributed by atoms with Crippen molar-refractivity contribution in [2.24, 2.45) is 0 Å². The molecule has 5 nitrogen and oxygen atoms in total. The van der Waals surface area contributed by atoms with E-state index in [1.54, 1.807) is 32.8 Å². The highest BCUT2D eigenvalue weighted by Crippen LogP contribution is 2.26. The Labute approximate surface area is 112 Å². The molecule has 1 atom stereocenters. The molecule has 5 heteroatoms. The van der Waals surface area contributed by atoms with Gasteiger partial charge in [-0.25, -0.2) is 4.98 Å². The largest absolute Gasteiger partial charge is 0.495 e. The molecule has 0 radical (unpaired) electrons. The van der Waals surface area contributed by atoms with Crippen molar-refractivity contribution in [3.05, 3.63) is 42.4 Å². The summed E-state index contributed by atoms with van der Waals surface area (Å²) in [6.45, 7) is 2.06. The van der Waals surface area contributed by atoms with E-state index < -0.39 is 0 Å². The number of methoxy groups -OCH3 is 2. The second kappa shape index (κ2) is 6.04. The van der Waals surface area contributed by atoms with Gasteiger partial charge in [-0.05, 0) is 19.1 Å². The number of nitrogens with one attached hydrogen (secondary N) is 1. The number of rotatable bonds is 5. The summed E-state index contributed by atoms with van der Waals surface area (Å²) in [4.78, 5) is 8.20. The van der Waals surface area contributed by atoms with Gasteiger partial charge in [0.1, 0.15) is 5.75 Å². The lowest BCUT2D eigenvalue weighted by atomic mass is 10.1. The molecule has 0 aliphatic rings. The van der Waals surface area contributed by atoms with Crippen molar-refractivity contribution in [1.29, 1.82) is 0 Å². The predicted molar refractivity (Wildman–Crippen MR) is 73.6 cm³/mol. The van der Waals surface area contributed by atoms with Crippen molar-refractivity contribution >= 4 is 5.69 Å². The van der Waals surface area contributed by atoms with Crippen LogP contribution in [0.3, 0.4) is 0 Å². The lowest BCUT2D eigenvalue weighted by molar-refractivity contribution is 0.398. The zero-order valence-electron chi connectivity index (χ0n) is 11.3. The van der Waals surface area contributed by atoms with Gasteiger partial charge < -0.3 is 14.8 Å². The first-order valence-corrected chi connectivity index (χ1v) is 5.99. The van der Waals surface area contributed by atoms with Gasteiger partial charge in [-0.1, -0.05) is 0 Å². The fraction of sp³-hybridized carbons (Fsp3) is 0.286. The van der Waals surface area contributed by atoms with Crippen LogP contribution in [0.4, 0.5) is 5.69 Å². The fourth-order valence-electron chi connectivity index (χ4n) is 1.83. The molecule has 0 saturated carbocycles. The second-order valence-electron chi connectivity index (χ2n) is 4.07. The van der Waals surface area contributed by atoms with E-state index >= 15 is 0 Å². The molecular formula is C14H17N3O2. The average molecular weight is 259 g/mol. The van der Waals surface area contributed by atoms with E-state index in [4.69, 9.17) is 9.47 Å². The molecule has 2 rings (SSSR count). The summed E-state index contributed by atoms with van der Waals surface area (Å²) in [6, 6.07) is 5.77. The summed E-state index contributed by atoms with van der Waals surface area (Å²) in [6.07, 6.45) is 5.20. The van der Waals surface area contributed by atoms with Gasteiger partial charge in [0.2, 0.25) is 5.88 Å². The molecular weight excluding hydrogens is 242 g/mol. The van der Waals surface area contributed by atoms with Gasteiger partial charge in [-0.3, -0.25) is 4.98 Å². The Kier molecular flexibility index (Phi) is 4.18. The van der Waals surface area contributed by atoms with Crippen molar-refractivity contribution in [1.82, 2.24) is 9.97 Å². The summed E-state index contributed by atoms with van der Waals surface area (Å²) < 4.78 is 10.3. The minimum atomic E-state index is 0.0909. The Bertz CT molecular complexity index is 528. The molecule has 19 heavy (non-hydrogen) atoms. The number of nitrogens with zero attached hydrogens (tertiary/aromatic N) is 2. The van der Waals surface area contributed by atoms with E-state index in [1.807, 2.05) is 18.2 Å². The smallest absolute Gasteiger partial charge is 0.213 e. The minimum absolute atomic E-state index is 0.0909. The number of hydrogen-bond acceptors (Lipinski definition) is 5. The summed E-state index contributed by atoms with van der Waals surface area (Å²) >= 11 is 0. The van der Waals surface area contributed by atoms with Crippen LogP contribution in [0, 0.1) is 0 Å². The number of aromatic nitrogens is 2. The molecule has 0 spiro atoms. The van der Waals surface area contributed by atoms with Gasteiger partial charge in [-0.2, -0.15) is 0 Å². The van der Waals surface area contributed by atoms with Gasteiger partial charge in [-0.15, -0.1) is 0 Å². The fourth-order valence-corrected chi connectivity index (χ4v) is 1.83. The van der Waals surface area contributed by atoms with Gasteiger partial charge in [0.05, 0.1) is 38.3 Å². The normalized spacial score (nSPS) is 11.7. The number of pyridine rings is 2. The minimum Gasteiger partial charge on any atom is -0.495 e. The van der Waals surface area contributed by atoms with E-state index in [9.17, 15) is 0 Å². The molecule has 0 aromatic carbocycles. The third-order valence-electron chi connectivity index (χ3n) is 2.83. The SMILES string of the molecule is COc1ccc(NC(C)c2ccncc2OC)cn1. The molecule has 0 aliphatic carbocycles. The Morgan fingerprint density at radius 2 is 1.95 bits per heavy atom. The molecule has 0 saturated heterocycles. The zero-order chi connectivity index (χ0) is 13.7. The molecule has 1 unspecified atom stereocenters. The summed E-state index contributed by atoms with van der Waals surface area (Å²) in [5.41, 5.74) is 1.97. The summed E-state index contributed by atoms with van der Waals surface area (Å²) in [7, 11) is 3.24. The number of hydrogen-bond donors (Lipinski definition) is 1. The highest BCUT2D eigenvalue weighted by Gasteiger charge is 2.11. The van der Waals surface area contributed by atoms with Crippen LogP contribution in [0.1, 0.15) is 18.5 Å². The van der Waals surface area contributed by atoms with Crippen LogP contribution in [0.2, 0.25) is 0 Å². The topological polar surface area (TPSA) is 56.3 Å². The van der Waals surface area contributed by atoms with Crippen LogP contribution in [-0.2, 0) is 0 Å². The van der Waals surface area contributed by atoms with Crippen molar-refractivity contribution in [3.63, 3.8) is 0 Å². The molecule has 0 aliphatic heterocycles. The molecule has 0 amide bonds. The van der Waals surface area contributed by atoms with Gasteiger partial charge >= 0.3 is 0 Å². The van der Waals surface area contributed by atoms with E-state index in [2.05, 4.69) is 22.2 Å². The first-order chi connectivity index (χ1) is 9.24. The Hall–Kier alpha value is -2.30. The van der Waals surface area contributed by atoms with Crippen LogP contribution >= 0.6 is 0 Å². The maximum Gasteiger partial charge on any atom is 0.213 e. The molecule has 0 fully saturated rings. The van der Waals surface area contributed by atoms with E-state index in [1.165, 1.54) is 0 Å². The highest BCUT2D eigenvalue weighted by molar-refractivity contribution is 5.46. The molecule has 2 aromatic heterocycles. The van der Waals surface area contributed by atoms with E-state index in [0.717, 1.165) is 17.0 Å². The summed E-state index contributed by atoms with van der Waals surface area (Å²) in [5.74, 6) is 1.36. The quantitative estimate of drug-likeness (QED) is 0.894. The average Bonchev–Trinajstić information content (AvgIpc) is 2.48. The van der Waals surface area contributed by atoms with Crippen LogP contribution in [0.5, 0.6) is 11.6 Å². The molecule has 2 aromatic rings. The maximum atomic E-state index is 5.30. The monoisotopic (exact) mass is 259 g/mol. The zero-order valence-corrected chi connectivity index (χ0v) is 11.3. The predicted octanol–water partition coefficient (Wildman–Crippen LogP) is 2.67. The maximum absolute atomic E-state index is 5.30. The third kappa shape index (κ3) is 3.13. The standard InChI is InChI=1S/C14H17N3O2/c1-10(12-6-7-15-9-13(12)18-2)17-11-4-5-14(19-3)16-8-11/h4-10,17H,1-3H3. The van der Waals surface area contributed by atoms with Crippen molar-refractivity contribution in [2.45, 2.75) is 13.0 Å². The van der Waals surface area contributed by atoms with Crippen molar-refractivity contribution < 1.29 is 9.47 Å². The van der Waals surface area contributed by atoms with Crippen LogP contribution in [-0.4, -0.2) is 24.2 Å². The van der Waals surface area contributed by atoms with Crippen LogP contribution < -0.4 is 14.8 Å². The Balaban J connectivity index is 2.13. The first kappa shape index (κ1) is 13.1. The molecule has 2 heterocycles. The molecule has 0 bridgehead atoms. The van der Waals surface area contributed by atoms with E-state index in [-0.39, 0.29) is 6.04 Å². The lowest BCUT2D eigenvalue weighted by Gasteiger charge is -2.17. The molecule has 1 N–H and O–H groups in total. The van der Waals surface area contributed by atoms with Crippen molar-refractivity contribution in [3.8, 4) is 11.6 Å². The number of anilines is 1. The Morgan fingerprint density at radius 1 is 1.11 bits per heavy atom. The number of ether oxygens (including phenoxy) is 2. The molecule has 100 valence electrons. The van der Waals surface area contributed by atoms with Gasteiger partial charge in [0.25, 0.3) is 0 Å². The Morgan fingerprint density at radius 3 is 2.58 bits per heavy atom. The second-order valence-corrected chi connectivity index (χ2v) is 4.07. The van der Waals surface area contributed by atoms with Crippen LogP contribution in [0.25, 0.3) is 0 Å². The van der Waals surface area contributed by atoms with Crippen molar-refractivity contribution in [2.75, 3.05) is 19.5 Å². The van der Waals surface area contributed by atoms with Gasteiger partial charge in [0.15, 0.2) is 0 Å². The first-order valence-electron chi connectivity index (χ1n) is 5.99.